The maximum absolute atomic E-state index is 13.1. The average Bonchev–Trinajstić information content (AvgIpc) is 0.948. The molecule has 0 aliphatic heterocycles. The van der Waals surface area contributed by atoms with E-state index in [1.807, 2.05) is 0 Å². The summed E-state index contributed by atoms with van der Waals surface area (Å²) in [5, 5.41) is 10.6. The van der Waals surface area contributed by atoms with Gasteiger partial charge in [0.1, 0.15) is 19.3 Å². The zero-order valence-electron chi connectivity index (χ0n) is 64.1. The van der Waals surface area contributed by atoms with Gasteiger partial charge in [-0.15, -0.1) is 0 Å². The monoisotopic (exact) mass is 1440 g/mol. The molecule has 0 aliphatic rings. The molecule has 0 aromatic carbocycles. The minimum absolute atomic E-state index is 0.107. The highest BCUT2D eigenvalue weighted by atomic mass is 31.2. The van der Waals surface area contributed by atoms with E-state index in [1.165, 1.54) is 231 Å². The zero-order valence-corrected chi connectivity index (χ0v) is 65.9. The van der Waals surface area contributed by atoms with E-state index < -0.39 is 97.5 Å². The SMILES string of the molecule is CCCCCCCCCCCCCCCCCCCCC(=O)O[C@H](COC(=O)CCCCCCCCCCCCCCC(C)C)COP(=O)(O)OC[C@@H](O)COP(=O)(O)OC[C@@H](COC(=O)CCCCCCCCCCCCC)OC(=O)CCCCCCCCCCCCC(C)CC. The van der Waals surface area contributed by atoms with Gasteiger partial charge in [-0.2, -0.15) is 0 Å². The summed E-state index contributed by atoms with van der Waals surface area (Å²) in [6.45, 7) is 9.66. The van der Waals surface area contributed by atoms with Gasteiger partial charge in [0.15, 0.2) is 12.2 Å². The number of unbranched alkanes of at least 4 members (excludes halogenated alkanes) is 47. The van der Waals surface area contributed by atoms with Crippen molar-refractivity contribution in [3.8, 4) is 0 Å². The molecule has 3 N–H and O–H groups in total. The van der Waals surface area contributed by atoms with Gasteiger partial charge < -0.3 is 33.8 Å². The first-order chi connectivity index (χ1) is 47.4. The molecule has 6 atom stereocenters. The maximum atomic E-state index is 13.1. The number of carbonyl (C=O) groups is 4. The highest BCUT2D eigenvalue weighted by Gasteiger charge is 2.30. The Bertz CT molecular complexity index is 1890. The largest absolute Gasteiger partial charge is 0.472 e. The normalized spacial score (nSPS) is 14.2. The summed E-state index contributed by atoms with van der Waals surface area (Å²) < 4.78 is 68.7. The van der Waals surface area contributed by atoms with E-state index in [-0.39, 0.29) is 25.7 Å². The number of rotatable bonds is 78. The van der Waals surface area contributed by atoms with Gasteiger partial charge in [-0.3, -0.25) is 37.3 Å². The number of aliphatic hydroxyl groups is 1. The summed E-state index contributed by atoms with van der Waals surface area (Å²) in [6.07, 6.45) is 59.5. The lowest BCUT2D eigenvalue weighted by atomic mass is 9.99. The lowest BCUT2D eigenvalue weighted by Gasteiger charge is -2.21. The Morgan fingerprint density at radius 3 is 0.776 bits per heavy atom. The molecule has 0 saturated carbocycles. The topological polar surface area (TPSA) is 237 Å². The van der Waals surface area contributed by atoms with Crippen LogP contribution in [0.4, 0.5) is 0 Å². The fourth-order valence-electron chi connectivity index (χ4n) is 12.2. The van der Waals surface area contributed by atoms with Gasteiger partial charge in [0.05, 0.1) is 26.4 Å². The molecular formula is C79H154O17P2. The minimum Gasteiger partial charge on any atom is -0.462 e. The highest BCUT2D eigenvalue weighted by molar-refractivity contribution is 7.47. The van der Waals surface area contributed by atoms with E-state index in [4.69, 9.17) is 37.0 Å². The van der Waals surface area contributed by atoms with Gasteiger partial charge in [0.2, 0.25) is 0 Å². The Labute approximate surface area is 600 Å². The molecule has 0 rings (SSSR count). The van der Waals surface area contributed by atoms with Crippen molar-refractivity contribution in [2.75, 3.05) is 39.6 Å². The molecule has 3 unspecified atom stereocenters. The summed E-state index contributed by atoms with van der Waals surface area (Å²) in [4.78, 5) is 73.0. The van der Waals surface area contributed by atoms with Gasteiger partial charge in [-0.25, -0.2) is 9.13 Å². The molecule has 0 aromatic rings. The van der Waals surface area contributed by atoms with Crippen LogP contribution in [0.5, 0.6) is 0 Å². The Balaban J connectivity index is 5.26. The molecule has 17 nitrogen and oxygen atoms in total. The van der Waals surface area contributed by atoms with Crippen LogP contribution in [-0.2, 0) is 65.4 Å². The second-order valence-corrected chi connectivity index (χ2v) is 32.1. The van der Waals surface area contributed by atoms with Crippen molar-refractivity contribution in [1.29, 1.82) is 0 Å². The maximum Gasteiger partial charge on any atom is 0.472 e. The fraction of sp³-hybridized carbons (Fsp3) is 0.949. The van der Waals surface area contributed by atoms with Crippen LogP contribution in [0.25, 0.3) is 0 Å². The molecule has 98 heavy (non-hydrogen) atoms. The van der Waals surface area contributed by atoms with Crippen molar-refractivity contribution < 1.29 is 80.2 Å². The molecule has 582 valence electrons. The van der Waals surface area contributed by atoms with Crippen LogP contribution in [0.2, 0.25) is 0 Å². The van der Waals surface area contributed by atoms with E-state index in [2.05, 4.69) is 41.5 Å². The Hall–Kier alpha value is -1.94. The van der Waals surface area contributed by atoms with Crippen LogP contribution >= 0.6 is 15.6 Å². The van der Waals surface area contributed by atoms with Crippen molar-refractivity contribution in [3.05, 3.63) is 0 Å². The molecule has 19 heteroatoms. The standard InChI is InChI=1S/C79H154O17P2/c1-7-10-12-14-16-18-20-21-22-23-24-25-26-32-39-45-51-57-63-78(83)95-74(68-90-77(82)62-56-50-44-38-31-28-27-30-35-41-47-53-59-71(4)5)69-93-97(85,86)91-65-73(80)66-92-98(87,88)94-70-75(67-89-76(81)61-55-49-43-37-29-19-17-15-13-11-8-2)96-79(84)64-58-52-46-40-34-33-36-42-48-54-60-72(6)9-3/h71-75,80H,7-70H2,1-6H3,(H,85,86)(H,87,88)/t72?,73-,74-,75-/m1/s1. The van der Waals surface area contributed by atoms with Crippen LogP contribution < -0.4 is 0 Å². The first-order valence-corrected chi connectivity index (χ1v) is 44.0. The second kappa shape index (κ2) is 70.7. The van der Waals surface area contributed by atoms with Crippen molar-refractivity contribution in [2.45, 2.75) is 432 Å². The van der Waals surface area contributed by atoms with E-state index >= 15 is 0 Å². The molecule has 0 saturated heterocycles. The summed E-state index contributed by atoms with van der Waals surface area (Å²) in [7, 11) is -9.92. The molecular weight excluding hydrogens is 1280 g/mol. The summed E-state index contributed by atoms with van der Waals surface area (Å²) >= 11 is 0. The second-order valence-electron chi connectivity index (χ2n) is 29.2. The predicted molar refractivity (Wildman–Crippen MR) is 400 cm³/mol. The van der Waals surface area contributed by atoms with Crippen LogP contribution in [0, 0.1) is 11.8 Å². The molecule has 0 bridgehead atoms. The van der Waals surface area contributed by atoms with Gasteiger partial charge in [-0.1, -0.05) is 363 Å². The van der Waals surface area contributed by atoms with Gasteiger partial charge in [0.25, 0.3) is 0 Å². The van der Waals surface area contributed by atoms with E-state index in [9.17, 15) is 43.2 Å². The van der Waals surface area contributed by atoms with Crippen molar-refractivity contribution in [3.63, 3.8) is 0 Å². The van der Waals surface area contributed by atoms with Crippen LogP contribution in [0.1, 0.15) is 414 Å². The molecule has 0 radical (unpaired) electrons. The number of hydrogen-bond acceptors (Lipinski definition) is 15. The smallest absolute Gasteiger partial charge is 0.462 e. The quantitative estimate of drug-likeness (QED) is 0.0222. The third-order valence-electron chi connectivity index (χ3n) is 18.8. The number of carbonyl (C=O) groups excluding carboxylic acids is 4. The molecule has 0 fully saturated rings. The van der Waals surface area contributed by atoms with Crippen LogP contribution in [0.3, 0.4) is 0 Å². The summed E-state index contributed by atoms with van der Waals surface area (Å²) in [5.41, 5.74) is 0. The fourth-order valence-corrected chi connectivity index (χ4v) is 13.7. The summed E-state index contributed by atoms with van der Waals surface area (Å²) in [5.74, 6) is -0.525. The molecule has 0 amide bonds. The van der Waals surface area contributed by atoms with Crippen molar-refractivity contribution in [2.24, 2.45) is 11.8 Å². The highest BCUT2D eigenvalue weighted by Crippen LogP contribution is 2.45. The number of phosphoric ester groups is 2. The zero-order chi connectivity index (χ0) is 72.1. The Morgan fingerprint density at radius 2 is 0.520 bits per heavy atom. The molecule has 0 aromatic heterocycles. The lowest BCUT2D eigenvalue weighted by Crippen LogP contribution is -2.30. The van der Waals surface area contributed by atoms with E-state index in [0.29, 0.717) is 25.7 Å². The predicted octanol–water partition coefficient (Wildman–Crippen LogP) is 23.5. The third-order valence-corrected chi connectivity index (χ3v) is 20.7. The van der Waals surface area contributed by atoms with Crippen molar-refractivity contribution >= 4 is 39.5 Å². The summed E-state index contributed by atoms with van der Waals surface area (Å²) in [6, 6.07) is 0. The van der Waals surface area contributed by atoms with Crippen LogP contribution in [0.15, 0.2) is 0 Å². The first-order valence-electron chi connectivity index (χ1n) is 41.0. The van der Waals surface area contributed by atoms with Gasteiger partial charge in [-0.05, 0) is 37.5 Å². The van der Waals surface area contributed by atoms with Crippen LogP contribution in [-0.4, -0.2) is 96.7 Å². The Kier molecular flexibility index (Phi) is 69.3. The minimum atomic E-state index is -4.96. The van der Waals surface area contributed by atoms with Gasteiger partial charge >= 0.3 is 39.5 Å². The molecule has 0 aliphatic carbocycles. The van der Waals surface area contributed by atoms with Gasteiger partial charge in [0, 0.05) is 25.7 Å². The third kappa shape index (κ3) is 71.1. The van der Waals surface area contributed by atoms with Crippen molar-refractivity contribution in [1.82, 2.24) is 0 Å². The van der Waals surface area contributed by atoms with E-state index in [0.717, 1.165) is 102 Å². The number of hydrogen-bond donors (Lipinski definition) is 3. The molecule has 0 heterocycles. The number of ether oxygens (including phenoxy) is 4. The number of phosphoric acid groups is 2. The van der Waals surface area contributed by atoms with E-state index in [1.54, 1.807) is 0 Å². The number of aliphatic hydroxyl groups excluding tert-OH is 1. The lowest BCUT2D eigenvalue weighted by molar-refractivity contribution is -0.161. The Morgan fingerprint density at radius 1 is 0.296 bits per heavy atom. The molecule has 0 spiro atoms. The number of esters is 4. The average molecular weight is 1440 g/mol. The first kappa shape index (κ1) is 96.1.